The molecule has 1 aromatic carbocycles. The molecule has 1 saturated heterocycles. The van der Waals surface area contributed by atoms with Crippen LogP contribution in [0.3, 0.4) is 0 Å². The fourth-order valence-electron chi connectivity index (χ4n) is 3.61. The molecule has 0 aliphatic carbocycles. The summed E-state index contributed by atoms with van der Waals surface area (Å²) in [7, 11) is 0. The van der Waals surface area contributed by atoms with Crippen LogP contribution in [0.15, 0.2) is 35.7 Å². The smallest absolute Gasteiger partial charge is 0.261 e. The number of aryl methyl sites for hydroxylation is 2. The summed E-state index contributed by atoms with van der Waals surface area (Å²) in [6.45, 7) is 10.6. The van der Waals surface area contributed by atoms with Crippen LogP contribution in [-0.4, -0.2) is 50.1 Å². The molecule has 0 atom stereocenters. The number of amides is 1. The highest BCUT2D eigenvalue weighted by molar-refractivity contribution is 7.12. The average molecular weight is 386 g/mol. The number of rotatable bonds is 8. The first-order chi connectivity index (χ1) is 13.2. The summed E-state index contributed by atoms with van der Waals surface area (Å²) < 4.78 is 0. The second-order valence-electron chi connectivity index (χ2n) is 7.26. The molecule has 0 saturated carbocycles. The number of piperazine rings is 1. The summed E-state index contributed by atoms with van der Waals surface area (Å²) in [5.41, 5.74) is 3.83. The van der Waals surface area contributed by atoms with Crippen LogP contribution >= 0.6 is 11.3 Å². The minimum absolute atomic E-state index is 0.0913. The Morgan fingerprint density at radius 1 is 1.15 bits per heavy atom. The Morgan fingerprint density at radius 2 is 1.96 bits per heavy atom. The first-order valence-electron chi connectivity index (χ1n) is 10.1. The number of nitrogens with one attached hydrogen (secondary N) is 1. The molecule has 146 valence electrons. The van der Waals surface area contributed by atoms with Crippen LogP contribution in [0, 0.1) is 6.92 Å². The standard InChI is InChI=1S/C22H31N3OS/c1-3-19-9-16-27-21(19)22(26)23-10-4-5-11-24-12-14-25(15-13-24)20-8-6-7-18(2)17-20/h6-9,16-17H,3-5,10-15H2,1-2H3,(H,23,26). The summed E-state index contributed by atoms with van der Waals surface area (Å²) in [6.07, 6.45) is 3.09. The number of hydrogen-bond acceptors (Lipinski definition) is 4. The first-order valence-corrected chi connectivity index (χ1v) is 10.9. The molecule has 0 bridgehead atoms. The quantitative estimate of drug-likeness (QED) is 0.699. The first kappa shape index (κ1) is 19.9. The highest BCUT2D eigenvalue weighted by atomic mass is 32.1. The zero-order valence-corrected chi connectivity index (χ0v) is 17.4. The molecule has 0 spiro atoms. The molecule has 1 amide bonds. The van der Waals surface area contributed by atoms with Gasteiger partial charge in [0.2, 0.25) is 0 Å². The molecule has 2 aromatic rings. The predicted molar refractivity (Wildman–Crippen MR) is 115 cm³/mol. The minimum atomic E-state index is 0.0913. The van der Waals surface area contributed by atoms with E-state index in [9.17, 15) is 4.79 Å². The van der Waals surface area contributed by atoms with Gasteiger partial charge in [0.1, 0.15) is 0 Å². The number of carbonyl (C=O) groups excluding carboxylic acids is 1. The number of carbonyl (C=O) groups is 1. The van der Waals surface area contributed by atoms with E-state index in [1.807, 2.05) is 5.38 Å². The second-order valence-corrected chi connectivity index (χ2v) is 8.18. The van der Waals surface area contributed by atoms with Crippen LogP contribution in [0.5, 0.6) is 0 Å². The van der Waals surface area contributed by atoms with Gasteiger partial charge >= 0.3 is 0 Å². The largest absolute Gasteiger partial charge is 0.369 e. The monoisotopic (exact) mass is 385 g/mol. The van der Waals surface area contributed by atoms with Gasteiger partial charge in [0.15, 0.2) is 0 Å². The number of anilines is 1. The van der Waals surface area contributed by atoms with Crippen molar-refractivity contribution in [2.24, 2.45) is 0 Å². The summed E-state index contributed by atoms with van der Waals surface area (Å²) in [5.74, 6) is 0.0913. The Balaban J connectivity index is 1.31. The molecule has 1 N–H and O–H groups in total. The Kier molecular flexibility index (Phi) is 7.30. The molecule has 1 aliphatic rings. The molecule has 27 heavy (non-hydrogen) atoms. The lowest BCUT2D eigenvalue weighted by Gasteiger charge is -2.36. The number of unbranched alkanes of at least 4 members (excludes halogenated alkanes) is 1. The van der Waals surface area contributed by atoms with Crippen LogP contribution in [-0.2, 0) is 6.42 Å². The third-order valence-corrected chi connectivity index (χ3v) is 6.22. The third kappa shape index (κ3) is 5.56. The van der Waals surface area contributed by atoms with Gasteiger partial charge in [-0.3, -0.25) is 9.69 Å². The van der Waals surface area contributed by atoms with E-state index in [1.165, 1.54) is 11.3 Å². The third-order valence-electron chi connectivity index (χ3n) is 5.26. The zero-order valence-electron chi connectivity index (χ0n) is 16.5. The molecule has 0 unspecified atom stereocenters. The van der Waals surface area contributed by atoms with E-state index in [2.05, 4.69) is 59.3 Å². The Bertz CT molecular complexity index is 735. The van der Waals surface area contributed by atoms with Gasteiger partial charge in [-0.05, 0) is 67.4 Å². The Morgan fingerprint density at radius 3 is 2.70 bits per heavy atom. The van der Waals surface area contributed by atoms with Crippen LogP contribution in [0.2, 0.25) is 0 Å². The predicted octanol–water partition coefficient (Wildman–Crippen LogP) is 3.95. The summed E-state index contributed by atoms with van der Waals surface area (Å²) in [5, 5.41) is 5.08. The van der Waals surface area contributed by atoms with E-state index in [1.54, 1.807) is 11.3 Å². The van der Waals surface area contributed by atoms with E-state index >= 15 is 0 Å². The van der Waals surface area contributed by atoms with Crippen LogP contribution in [0.4, 0.5) is 5.69 Å². The van der Waals surface area contributed by atoms with Gasteiger partial charge in [0.05, 0.1) is 4.88 Å². The SMILES string of the molecule is CCc1ccsc1C(=O)NCCCCN1CCN(c2cccc(C)c2)CC1. The van der Waals surface area contributed by atoms with Gasteiger partial charge in [0, 0.05) is 38.4 Å². The van der Waals surface area contributed by atoms with E-state index in [4.69, 9.17) is 0 Å². The molecule has 1 aliphatic heterocycles. The number of hydrogen-bond donors (Lipinski definition) is 1. The highest BCUT2D eigenvalue weighted by Gasteiger charge is 2.17. The van der Waals surface area contributed by atoms with E-state index in [0.29, 0.717) is 0 Å². The van der Waals surface area contributed by atoms with E-state index < -0.39 is 0 Å². The average Bonchev–Trinajstić information content (AvgIpc) is 3.17. The Labute approximate surface area is 167 Å². The van der Waals surface area contributed by atoms with Gasteiger partial charge in [-0.1, -0.05) is 19.1 Å². The molecular formula is C22H31N3OS. The van der Waals surface area contributed by atoms with Crippen LogP contribution in [0.1, 0.15) is 40.6 Å². The van der Waals surface area contributed by atoms with Crippen molar-refractivity contribution < 1.29 is 4.79 Å². The van der Waals surface area contributed by atoms with Gasteiger partial charge in [-0.15, -0.1) is 11.3 Å². The number of nitrogens with zero attached hydrogens (tertiary/aromatic N) is 2. The second kappa shape index (κ2) is 9.90. The topological polar surface area (TPSA) is 35.6 Å². The zero-order chi connectivity index (χ0) is 19.1. The van der Waals surface area contributed by atoms with Gasteiger partial charge < -0.3 is 10.2 Å². The van der Waals surface area contributed by atoms with Crippen molar-refractivity contribution in [3.63, 3.8) is 0 Å². The lowest BCUT2D eigenvalue weighted by Crippen LogP contribution is -2.46. The van der Waals surface area contributed by atoms with Crippen LogP contribution in [0.25, 0.3) is 0 Å². The highest BCUT2D eigenvalue weighted by Crippen LogP contribution is 2.18. The molecule has 5 heteroatoms. The van der Waals surface area contributed by atoms with Crippen molar-refractivity contribution in [2.75, 3.05) is 44.2 Å². The summed E-state index contributed by atoms with van der Waals surface area (Å²) in [4.78, 5) is 18.1. The lowest BCUT2D eigenvalue weighted by atomic mass is 10.2. The molecule has 4 nitrogen and oxygen atoms in total. The van der Waals surface area contributed by atoms with Gasteiger partial charge in [-0.2, -0.15) is 0 Å². The fraction of sp³-hybridized carbons (Fsp3) is 0.500. The molecule has 1 aromatic heterocycles. The Hall–Kier alpha value is -1.85. The van der Waals surface area contributed by atoms with E-state index in [0.717, 1.165) is 69.0 Å². The number of thiophene rings is 1. The summed E-state index contributed by atoms with van der Waals surface area (Å²) in [6, 6.07) is 10.8. The fourth-order valence-corrected chi connectivity index (χ4v) is 4.52. The molecule has 3 rings (SSSR count). The molecule has 2 heterocycles. The molecule has 0 radical (unpaired) electrons. The maximum atomic E-state index is 12.2. The maximum Gasteiger partial charge on any atom is 0.261 e. The van der Waals surface area contributed by atoms with Gasteiger partial charge in [-0.25, -0.2) is 0 Å². The minimum Gasteiger partial charge on any atom is -0.369 e. The van der Waals surface area contributed by atoms with Gasteiger partial charge in [0.25, 0.3) is 5.91 Å². The van der Waals surface area contributed by atoms with Crippen molar-refractivity contribution >= 4 is 22.9 Å². The van der Waals surface area contributed by atoms with E-state index in [-0.39, 0.29) is 5.91 Å². The number of benzene rings is 1. The summed E-state index contributed by atoms with van der Waals surface area (Å²) >= 11 is 1.54. The normalized spacial score (nSPS) is 15.1. The van der Waals surface area contributed by atoms with Crippen molar-refractivity contribution in [3.05, 3.63) is 51.7 Å². The van der Waals surface area contributed by atoms with Crippen molar-refractivity contribution in [2.45, 2.75) is 33.1 Å². The molecular weight excluding hydrogens is 354 g/mol. The van der Waals surface area contributed by atoms with Crippen molar-refractivity contribution in [1.82, 2.24) is 10.2 Å². The van der Waals surface area contributed by atoms with Crippen molar-refractivity contribution in [3.8, 4) is 0 Å². The van der Waals surface area contributed by atoms with Crippen molar-refractivity contribution in [1.29, 1.82) is 0 Å². The lowest BCUT2D eigenvalue weighted by molar-refractivity contribution is 0.0955. The van der Waals surface area contributed by atoms with Crippen LogP contribution < -0.4 is 10.2 Å². The maximum absolute atomic E-state index is 12.2. The molecule has 1 fully saturated rings.